The molecule has 0 unspecified atom stereocenters. The highest BCUT2D eigenvalue weighted by atomic mass is 79.9. The van der Waals surface area contributed by atoms with E-state index in [9.17, 15) is 4.79 Å². The number of hydrogen-bond donors (Lipinski definition) is 0. The number of nitrogens with zero attached hydrogens (tertiary/aromatic N) is 2. The normalized spacial score (nSPS) is 10.9. The monoisotopic (exact) mass is 298 g/mol. The molecule has 2 rings (SSSR count). The molecule has 0 bridgehead atoms. The van der Waals surface area contributed by atoms with Gasteiger partial charge in [0.25, 0.3) is 5.56 Å². The van der Waals surface area contributed by atoms with E-state index in [1.165, 1.54) is 0 Å². The largest absolute Gasteiger partial charge is 0.298 e. The molecule has 1 aromatic heterocycles. The summed E-state index contributed by atoms with van der Waals surface area (Å²) in [4.78, 5) is 16.3. The molecule has 3 nitrogen and oxygen atoms in total. The number of thioether (sulfide) groups is 1. The number of aryl methyl sites for hydroxylation is 1. The first-order valence-corrected chi connectivity index (χ1v) is 7.04. The fraction of sp³-hybridized carbons (Fsp3) is 0.273. The molecule has 0 atom stereocenters. The average Bonchev–Trinajstić information content (AvgIpc) is 2.28. The van der Waals surface area contributed by atoms with Crippen molar-refractivity contribution in [1.82, 2.24) is 9.55 Å². The van der Waals surface area contributed by atoms with E-state index >= 15 is 0 Å². The Morgan fingerprint density at radius 1 is 1.50 bits per heavy atom. The van der Waals surface area contributed by atoms with Crippen molar-refractivity contribution in [2.45, 2.75) is 6.54 Å². The molecule has 16 heavy (non-hydrogen) atoms. The minimum Gasteiger partial charge on any atom is -0.298 e. The number of hydrogen-bond acceptors (Lipinski definition) is 3. The highest BCUT2D eigenvalue weighted by Crippen LogP contribution is 2.14. The van der Waals surface area contributed by atoms with Gasteiger partial charge in [0.2, 0.25) is 0 Å². The van der Waals surface area contributed by atoms with Crippen molar-refractivity contribution in [3.8, 4) is 0 Å². The van der Waals surface area contributed by atoms with Crippen LogP contribution in [0.15, 0.2) is 33.8 Å². The van der Waals surface area contributed by atoms with Gasteiger partial charge in [-0.1, -0.05) is 15.9 Å². The molecule has 0 aliphatic rings. The van der Waals surface area contributed by atoms with E-state index in [2.05, 4.69) is 20.9 Å². The Hall–Kier alpha value is -0.810. The lowest BCUT2D eigenvalue weighted by Crippen LogP contribution is -2.21. The minimum absolute atomic E-state index is 0.0338. The van der Waals surface area contributed by atoms with Gasteiger partial charge in [-0.3, -0.25) is 9.36 Å². The Morgan fingerprint density at radius 2 is 2.31 bits per heavy atom. The van der Waals surface area contributed by atoms with E-state index in [0.29, 0.717) is 11.9 Å². The zero-order valence-electron chi connectivity index (χ0n) is 8.81. The smallest absolute Gasteiger partial charge is 0.261 e. The van der Waals surface area contributed by atoms with Crippen molar-refractivity contribution in [1.29, 1.82) is 0 Å². The summed E-state index contributed by atoms with van der Waals surface area (Å²) in [5.74, 6) is 0.920. The van der Waals surface area contributed by atoms with Crippen LogP contribution in [-0.4, -0.2) is 21.6 Å². The van der Waals surface area contributed by atoms with Crippen molar-refractivity contribution < 1.29 is 0 Å². The Balaban J connectivity index is 2.53. The molecular formula is C11H11BrN2OS. The van der Waals surface area contributed by atoms with Gasteiger partial charge in [-0.15, -0.1) is 0 Å². The van der Waals surface area contributed by atoms with Gasteiger partial charge in [-0.2, -0.15) is 11.8 Å². The zero-order chi connectivity index (χ0) is 11.5. The van der Waals surface area contributed by atoms with Crippen LogP contribution in [0.2, 0.25) is 0 Å². The summed E-state index contributed by atoms with van der Waals surface area (Å²) in [7, 11) is 0. The number of rotatable bonds is 3. The molecule has 0 spiro atoms. The van der Waals surface area contributed by atoms with Crippen molar-refractivity contribution >= 4 is 38.6 Å². The molecular weight excluding hydrogens is 288 g/mol. The van der Waals surface area contributed by atoms with Crippen LogP contribution in [0.5, 0.6) is 0 Å². The van der Waals surface area contributed by atoms with Gasteiger partial charge < -0.3 is 0 Å². The van der Waals surface area contributed by atoms with Gasteiger partial charge in [-0.05, 0) is 24.5 Å². The van der Waals surface area contributed by atoms with Crippen molar-refractivity contribution in [3.63, 3.8) is 0 Å². The van der Waals surface area contributed by atoms with Crippen LogP contribution in [0.1, 0.15) is 0 Å². The van der Waals surface area contributed by atoms with Crippen LogP contribution in [0.25, 0.3) is 10.9 Å². The maximum Gasteiger partial charge on any atom is 0.261 e. The third-order valence-corrected chi connectivity index (χ3v) is 3.41. The number of benzene rings is 1. The van der Waals surface area contributed by atoms with Gasteiger partial charge in [-0.25, -0.2) is 4.98 Å². The summed E-state index contributed by atoms with van der Waals surface area (Å²) in [5.41, 5.74) is 0.770. The molecule has 0 aliphatic carbocycles. The summed E-state index contributed by atoms with van der Waals surface area (Å²) < 4.78 is 2.60. The maximum atomic E-state index is 12.0. The number of halogens is 1. The fourth-order valence-electron chi connectivity index (χ4n) is 1.48. The molecule has 0 saturated heterocycles. The second-order valence-electron chi connectivity index (χ2n) is 3.40. The van der Waals surface area contributed by atoms with Gasteiger partial charge in [0.15, 0.2) is 0 Å². The highest BCUT2D eigenvalue weighted by Gasteiger charge is 2.03. The molecule has 1 aromatic carbocycles. The zero-order valence-corrected chi connectivity index (χ0v) is 11.2. The first-order valence-electron chi connectivity index (χ1n) is 4.86. The molecule has 0 saturated carbocycles. The lowest BCUT2D eigenvalue weighted by Gasteiger charge is -2.05. The molecule has 2 aromatic rings. The van der Waals surface area contributed by atoms with Crippen LogP contribution in [0, 0.1) is 0 Å². The Bertz CT molecular complexity index is 567. The van der Waals surface area contributed by atoms with Crippen LogP contribution in [-0.2, 0) is 6.54 Å². The molecule has 0 fully saturated rings. The quantitative estimate of drug-likeness (QED) is 0.873. The number of aromatic nitrogens is 2. The van der Waals surface area contributed by atoms with Crippen molar-refractivity contribution in [2.24, 2.45) is 0 Å². The van der Waals surface area contributed by atoms with E-state index in [0.717, 1.165) is 15.7 Å². The van der Waals surface area contributed by atoms with Crippen molar-refractivity contribution in [3.05, 3.63) is 39.4 Å². The summed E-state index contributed by atoms with van der Waals surface area (Å²) >= 11 is 5.08. The van der Waals surface area contributed by atoms with E-state index in [4.69, 9.17) is 0 Å². The second kappa shape index (κ2) is 5.01. The Morgan fingerprint density at radius 3 is 3.06 bits per heavy atom. The lowest BCUT2D eigenvalue weighted by atomic mass is 10.2. The topological polar surface area (TPSA) is 34.9 Å². The average molecular weight is 299 g/mol. The van der Waals surface area contributed by atoms with E-state index in [-0.39, 0.29) is 5.56 Å². The molecule has 5 heteroatoms. The predicted molar refractivity (Wildman–Crippen MR) is 72.1 cm³/mol. The molecule has 0 amide bonds. The summed E-state index contributed by atoms with van der Waals surface area (Å²) in [6.45, 7) is 0.707. The molecule has 0 aliphatic heterocycles. The van der Waals surface area contributed by atoms with E-state index in [1.54, 1.807) is 22.7 Å². The van der Waals surface area contributed by atoms with E-state index < -0.39 is 0 Å². The maximum absolute atomic E-state index is 12.0. The third kappa shape index (κ3) is 2.30. The van der Waals surface area contributed by atoms with Crippen LogP contribution in [0.4, 0.5) is 0 Å². The Labute approximate surface area is 106 Å². The lowest BCUT2D eigenvalue weighted by molar-refractivity contribution is 0.725. The standard InChI is InChI=1S/C11H11BrN2OS/c1-16-5-4-14-7-13-10-6-8(12)2-3-9(10)11(14)15/h2-3,6-7H,4-5H2,1H3. The molecule has 84 valence electrons. The van der Waals surface area contributed by atoms with Crippen LogP contribution in [0.3, 0.4) is 0 Å². The first kappa shape index (κ1) is 11.7. The van der Waals surface area contributed by atoms with Gasteiger partial charge in [0, 0.05) is 16.8 Å². The van der Waals surface area contributed by atoms with Gasteiger partial charge >= 0.3 is 0 Å². The van der Waals surface area contributed by atoms with Gasteiger partial charge in [0.1, 0.15) is 0 Å². The predicted octanol–water partition coefficient (Wildman–Crippen LogP) is 2.52. The first-order chi connectivity index (χ1) is 7.72. The fourth-order valence-corrected chi connectivity index (χ4v) is 2.21. The number of fused-ring (bicyclic) bond motifs is 1. The SMILES string of the molecule is CSCCn1cnc2cc(Br)ccc2c1=O. The van der Waals surface area contributed by atoms with Crippen molar-refractivity contribution in [2.75, 3.05) is 12.0 Å². The van der Waals surface area contributed by atoms with E-state index in [1.807, 2.05) is 24.5 Å². The summed E-state index contributed by atoms with van der Waals surface area (Å²) in [6.07, 6.45) is 3.64. The summed E-state index contributed by atoms with van der Waals surface area (Å²) in [5, 5.41) is 0.673. The van der Waals surface area contributed by atoms with Crippen LogP contribution < -0.4 is 5.56 Å². The Kier molecular flexibility index (Phi) is 3.66. The van der Waals surface area contributed by atoms with Gasteiger partial charge in [0.05, 0.1) is 17.2 Å². The second-order valence-corrected chi connectivity index (χ2v) is 5.30. The molecule has 0 radical (unpaired) electrons. The molecule has 1 heterocycles. The summed E-state index contributed by atoms with van der Waals surface area (Å²) in [6, 6.07) is 5.53. The highest BCUT2D eigenvalue weighted by molar-refractivity contribution is 9.10. The minimum atomic E-state index is 0.0338. The van der Waals surface area contributed by atoms with Crippen LogP contribution >= 0.6 is 27.7 Å². The third-order valence-electron chi connectivity index (χ3n) is 2.32. The molecule has 0 N–H and O–H groups in total.